The van der Waals surface area contributed by atoms with E-state index >= 15 is 0 Å². The highest BCUT2D eigenvalue weighted by Crippen LogP contribution is 2.46. The highest BCUT2D eigenvalue weighted by atomic mass is 35.5. The molecule has 0 heterocycles. The number of hydrogen-bond donors (Lipinski definition) is 3. The van der Waals surface area contributed by atoms with Gasteiger partial charge >= 0.3 is 0 Å². The summed E-state index contributed by atoms with van der Waals surface area (Å²) >= 11 is 12.3. The first-order valence-electron chi connectivity index (χ1n) is 8.24. The molecule has 0 bridgehead atoms. The van der Waals surface area contributed by atoms with Gasteiger partial charge < -0.3 is 15.5 Å². The molecule has 1 aliphatic rings. The van der Waals surface area contributed by atoms with E-state index < -0.39 is 11.7 Å². The highest BCUT2D eigenvalue weighted by Gasteiger charge is 2.48. The average molecular weight is 360 g/mol. The molecule has 0 aromatic heterocycles. The summed E-state index contributed by atoms with van der Waals surface area (Å²) in [5.74, 6) is 0.269. The van der Waals surface area contributed by atoms with Gasteiger partial charge in [-0.15, -0.1) is 0 Å². The van der Waals surface area contributed by atoms with Crippen LogP contribution in [0.4, 0.5) is 0 Å². The fraction of sp³-hybridized carbons (Fsp3) is 0.667. The van der Waals surface area contributed by atoms with Crippen LogP contribution in [0.5, 0.6) is 0 Å². The Morgan fingerprint density at radius 1 is 1.30 bits per heavy atom. The lowest BCUT2D eigenvalue weighted by molar-refractivity contribution is -0.126. The fourth-order valence-electron chi connectivity index (χ4n) is 3.61. The van der Waals surface area contributed by atoms with Crippen molar-refractivity contribution in [3.63, 3.8) is 0 Å². The molecule has 3 N–H and O–H groups in total. The molecule has 0 amide bonds. The van der Waals surface area contributed by atoms with Gasteiger partial charge in [0.15, 0.2) is 0 Å². The van der Waals surface area contributed by atoms with Gasteiger partial charge in [-0.25, -0.2) is 0 Å². The Balaban J connectivity index is 1.99. The van der Waals surface area contributed by atoms with Crippen molar-refractivity contribution >= 4 is 23.2 Å². The fourth-order valence-corrected chi connectivity index (χ4v) is 4.26. The van der Waals surface area contributed by atoms with E-state index in [-0.39, 0.29) is 11.3 Å². The summed E-state index contributed by atoms with van der Waals surface area (Å²) in [4.78, 5) is 0. The van der Waals surface area contributed by atoms with Crippen molar-refractivity contribution < 1.29 is 10.2 Å². The second kappa shape index (κ2) is 7.28. The van der Waals surface area contributed by atoms with E-state index in [1.165, 1.54) is 0 Å². The standard InChI is InChI=1S/C18H27Cl2NO2/c1-12-6-5-9-17(2,18(12,3)23)11-21-10-15(22)16-13(19)7-4-8-14(16)20/h4,7-8,12,15,21-23H,5-6,9-11H2,1-3H3/t12-,15?,17-,18+/m0/s1. The van der Waals surface area contributed by atoms with Crippen LogP contribution < -0.4 is 5.32 Å². The molecular weight excluding hydrogens is 333 g/mol. The van der Waals surface area contributed by atoms with Gasteiger partial charge in [0.1, 0.15) is 0 Å². The smallest absolute Gasteiger partial charge is 0.0943 e. The molecule has 1 aromatic rings. The van der Waals surface area contributed by atoms with E-state index in [1.54, 1.807) is 18.2 Å². The third-order valence-electron chi connectivity index (χ3n) is 5.73. The van der Waals surface area contributed by atoms with Crippen molar-refractivity contribution in [3.8, 4) is 0 Å². The summed E-state index contributed by atoms with van der Waals surface area (Å²) in [6.45, 7) is 7.15. The molecule has 1 unspecified atom stereocenters. The second-order valence-corrected chi connectivity index (χ2v) is 8.10. The van der Waals surface area contributed by atoms with Crippen LogP contribution in [0.2, 0.25) is 10.0 Å². The predicted molar refractivity (Wildman–Crippen MR) is 96.0 cm³/mol. The monoisotopic (exact) mass is 359 g/mol. The number of rotatable bonds is 5. The molecule has 0 aliphatic heterocycles. The Kier molecular flexibility index (Phi) is 6.02. The van der Waals surface area contributed by atoms with E-state index in [9.17, 15) is 10.2 Å². The van der Waals surface area contributed by atoms with Crippen LogP contribution in [0.3, 0.4) is 0 Å². The Hall–Kier alpha value is -0.320. The Labute approximate surface area is 149 Å². The molecule has 1 fully saturated rings. The van der Waals surface area contributed by atoms with Crippen LogP contribution in [0.25, 0.3) is 0 Å². The molecule has 1 saturated carbocycles. The maximum absolute atomic E-state index is 10.9. The first-order chi connectivity index (χ1) is 10.7. The first-order valence-corrected chi connectivity index (χ1v) is 9.00. The molecule has 5 heteroatoms. The summed E-state index contributed by atoms with van der Waals surface area (Å²) in [5.41, 5.74) is -0.378. The van der Waals surface area contributed by atoms with Gasteiger partial charge in [0.2, 0.25) is 0 Å². The summed E-state index contributed by atoms with van der Waals surface area (Å²) in [5, 5.41) is 25.5. The third-order valence-corrected chi connectivity index (χ3v) is 6.39. The van der Waals surface area contributed by atoms with E-state index in [4.69, 9.17) is 23.2 Å². The SMILES string of the molecule is C[C@H]1CCC[C@@](C)(CNCC(O)c2c(Cl)cccc2Cl)[C@]1(C)O. The minimum absolute atomic E-state index is 0.214. The zero-order valence-electron chi connectivity index (χ0n) is 14.1. The van der Waals surface area contributed by atoms with Crippen molar-refractivity contribution in [2.45, 2.75) is 51.7 Å². The molecular formula is C18H27Cl2NO2. The van der Waals surface area contributed by atoms with Gasteiger partial charge in [-0.05, 0) is 37.8 Å². The van der Waals surface area contributed by atoms with Crippen LogP contribution in [0, 0.1) is 11.3 Å². The summed E-state index contributed by atoms with van der Waals surface area (Å²) in [7, 11) is 0. The molecule has 3 nitrogen and oxygen atoms in total. The van der Waals surface area contributed by atoms with Crippen LogP contribution in [-0.2, 0) is 0 Å². The van der Waals surface area contributed by atoms with Gasteiger partial charge in [0.25, 0.3) is 0 Å². The number of aliphatic hydroxyl groups excluding tert-OH is 1. The lowest BCUT2D eigenvalue weighted by Gasteiger charge is -2.50. The zero-order chi connectivity index (χ0) is 17.3. The second-order valence-electron chi connectivity index (χ2n) is 7.28. The predicted octanol–water partition coefficient (Wildman–Crippen LogP) is 4.19. The van der Waals surface area contributed by atoms with Gasteiger partial charge in [-0.2, -0.15) is 0 Å². The van der Waals surface area contributed by atoms with Crippen molar-refractivity contribution in [3.05, 3.63) is 33.8 Å². The summed E-state index contributed by atoms with van der Waals surface area (Å²) < 4.78 is 0. The maximum Gasteiger partial charge on any atom is 0.0943 e. The normalized spacial score (nSPS) is 32.7. The highest BCUT2D eigenvalue weighted by molar-refractivity contribution is 6.36. The first kappa shape index (κ1) is 19.0. The molecule has 2 rings (SSSR count). The molecule has 23 heavy (non-hydrogen) atoms. The Morgan fingerprint density at radius 2 is 1.91 bits per heavy atom. The minimum Gasteiger partial charge on any atom is -0.389 e. The molecule has 130 valence electrons. The van der Waals surface area contributed by atoms with Crippen molar-refractivity contribution in [2.75, 3.05) is 13.1 Å². The van der Waals surface area contributed by atoms with Gasteiger partial charge in [-0.1, -0.05) is 49.5 Å². The Bertz CT molecular complexity index is 530. The molecule has 0 radical (unpaired) electrons. The van der Waals surface area contributed by atoms with Gasteiger partial charge in [0.05, 0.1) is 11.7 Å². The number of nitrogens with one attached hydrogen (secondary N) is 1. The van der Waals surface area contributed by atoms with Gasteiger partial charge in [-0.3, -0.25) is 0 Å². The number of benzene rings is 1. The maximum atomic E-state index is 10.9. The summed E-state index contributed by atoms with van der Waals surface area (Å²) in [6.07, 6.45) is 2.38. The molecule has 4 atom stereocenters. The Morgan fingerprint density at radius 3 is 2.52 bits per heavy atom. The molecule has 1 aliphatic carbocycles. The average Bonchev–Trinajstić information content (AvgIpc) is 2.45. The van der Waals surface area contributed by atoms with Gasteiger partial charge in [0, 0.05) is 34.1 Å². The topological polar surface area (TPSA) is 52.5 Å². The van der Waals surface area contributed by atoms with Crippen LogP contribution in [-0.4, -0.2) is 28.9 Å². The number of halogens is 2. The zero-order valence-corrected chi connectivity index (χ0v) is 15.6. The van der Waals surface area contributed by atoms with Crippen molar-refractivity contribution in [1.29, 1.82) is 0 Å². The van der Waals surface area contributed by atoms with E-state index in [0.717, 1.165) is 19.3 Å². The number of aliphatic hydroxyl groups is 2. The van der Waals surface area contributed by atoms with Crippen molar-refractivity contribution in [2.24, 2.45) is 11.3 Å². The summed E-state index contributed by atoms with van der Waals surface area (Å²) in [6, 6.07) is 5.21. The minimum atomic E-state index is -0.772. The lowest BCUT2D eigenvalue weighted by atomic mass is 9.60. The third kappa shape index (κ3) is 3.85. The molecule has 0 saturated heterocycles. The largest absolute Gasteiger partial charge is 0.389 e. The van der Waals surface area contributed by atoms with E-state index in [0.29, 0.717) is 28.7 Å². The van der Waals surface area contributed by atoms with Crippen LogP contribution in [0.1, 0.15) is 51.7 Å². The van der Waals surface area contributed by atoms with E-state index in [1.807, 2.05) is 6.92 Å². The lowest BCUT2D eigenvalue weighted by Crippen LogP contribution is -2.56. The molecule has 0 spiro atoms. The quantitative estimate of drug-likeness (QED) is 0.738. The number of hydrogen-bond acceptors (Lipinski definition) is 3. The van der Waals surface area contributed by atoms with E-state index in [2.05, 4.69) is 19.2 Å². The van der Waals surface area contributed by atoms with Crippen molar-refractivity contribution in [1.82, 2.24) is 5.32 Å². The van der Waals surface area contributed by atoms with Crippen LogP contribution >= 0.6 is 23.2 Å². The molecule has 1 aromatic carbocycles. The van der Waals surface area contributed by atoms with Crippen LogP contribution in [0.15, 0.2) is 18.2 Å².